The van der Waals surface area contributed by atoms with Gasteiger partial charge in [-0.3, -0.25) is 20.4 Å². The Balaban J connectivity index is 2.29. The van der Waals surface area contributed by atoms with Crippen LogP contribution >= 0.6 is 0 Å². The molecular weight excluding hydrogens is 450 g/mol. The molecule has 0 radical (unpaired) electrons. The summed E-state index contributed by atoms with van der Waals surface area (Å²) in [5, 5.41) is 43.3. The predicted octanol–water partition coefficient (Wildman–Crippen LogP) is -3.51. The third kappa shape index (κ3) is 5.99. The van der Waals surface area contributed by atoms with Crippen molar-refractivity contribution in [1.29, 1.82) is 0 Å². The van der Waals surface area contributed by atoms with Gasteiger partial charge >= 0.3 is 6.03 Å². The lowest BCUT2D eigenvalue weighted by Crippen LogP contribution is -2.66. The number of aliphatic hydroxyl groups is 4. The number of ether oxygens (including phenoxy) is 4. The van der Waals surface area contributed by atoms with E-state index < -0.39 is 84.9 Å². The van der Waals surface area contributed by atoms with E-state index in [1.54, 1.807) is 5.43 Å². The molecule has 33 heavy (non-hydrogen) atoms. The van der Waals surface area contributed by atoms with Gasteiger partial charge in [0.25, 0.3) is 5.91 Å². The molecule has 2 rings (SSSR count). The topological polar surface area (TPSA) is 243 Å². The van der Waals surface area contributed by atoms with Gasteiger partial charge < -0.3 is 44.7 Å². The molecular formula is C17H29N5O11. The lowest BCUT2D eigenvalue weighted by molar-refractivity contribution is -0.300. The van der Waals surface area contributed by atoms with Crippen molar-refractivity contribution in [3.05, 3.63) is 11.5 Å². The number of hydrogen-bond donors (Lipinski definition) is 9. The second-order valence-corrected chi connectivity index (χ2v) is 7.31. The number of carbonyl (C=O) groups is 3. The van der Waals surface area contributed by atoms with Crippen molar-refractivity contribution in [3.63, 3.8) is 0 Å². The van der Waals surface area contributed by atoms with E-state index >= 15 is 0 Å². The summed E-state index contributed by atoms with van der Waals surface area (Å²) in [6, 6.07) is -2.07. The van der Waals surface area contributed by atoms with Gasteiger partial charge in [-0.25, -0.2) is 16.1 Å². The van der Waals surface area contributed by atoms with Crippen LogP contribution in [0, 0.1) is 5.92 Å². The zero-order valence-electron chi connectivity index (χ0n) is 18.0. The summed E-state index contributed by atoms with van der Waals surface area (Å²) in [5.74, 6) is 0.957. The maximum Gasteiger partial charge on any atom is 0.347 e. The number of rotatable bonds is 6. The van der Waals surface area contributed by atoms with Gasteiger partial charge in [-0.05, 0) is 0 Å². The van der Waals surface area contributed by atoms with Crippen molar-refractivity contribution in [1.82, 2.24) is 21.6 Å². The SMILES string of the molecule is CO[C@@H]1OC(CO)[C@@H](O)C(O[C@@H]2OC(C(=O)NNC(=O)NN)C(C)C(O)=C2O)C1NC(C)=O. The van der Waals surface area contributed by atoms with Gasteiger partial charge in [0.05, 0.1) is 12.5 Å². The van der Waals surface area contributed by atoms with Gasteiger partial charge in [-0.15, -0.1) is 0 Å². The summed E-state index contributed by atoms with van der Waals surface area (Å²) < 4.78 is 21.7. The molecule has 2 aliphatic heterocycles. The van der Waals surface area contributed by atoms with E-state index in [-0.39, 0.29) is 0 Å². The Hall–Kier alpha value is -2.73. The molecule has 188 valence electrons. The smallest absolute Gasteiger partial charge is 0.347 e. The fourth-order valence-corrected chi connectivity index (χ4v) is 3.39. The summed E-state index contributed by atoms with van der Waals surface area (Å²) in [7, 11) is 1.26. The summed E-state index contributed by atoms with van der Waals surface area (Å²) in [6.45, 7) is 1.92. The summed E-state index contributed by atoms with van der Waals surface area (Å²) in [5.41, 5.74) is 5.67. The molecule has 0 spiro atoms. The van der Waals surface area contributed by atoms with Crippen molar-refractivity contribution in [2.75, 3.05) is 13.7 Å². The summed E-state index contributed by atoms with van der Waals surface area (Å²) in [6.07, 6.45) is -8.54. The van der Waals surface area contributed by atoms with E-state index in [2.05, 4.69) is 5.32 Å². The highest BCUT2D eigenvalue weighted by atomic mass is 16.7. The monoisotopic (exact) mass is 479 g/mol. The van der Waals surface area contributed by atoms with Gasteiger partial charge in [0.1, 0.15) is 30.1 Å². The van der Waals surface area contributed by atoms with E-state index in [0.29, 0.717) is 0 Å². The van der Waals surface area contributed by atoms with Crippen LogP contribution in [-0.4, -0.2) is 95.0 Å². The maximum absolute atomic E-state index is 12.4. The fourth-order valence-electron chi connectivity index (χ4n) is 3.39. The Morgan fingerprint density at radius 3 is 2.36 bits per heavy atom. The van der Waals surface area contributed by atoms with Gasteiger partial charge in [0, 0.05) is 14.0 Å². The molecule has 16 nitrogen and oxygen atoms in total. The number of nitrogens with one attached hydrogen (secondary N) is 4. The molecule has 0 aromatic rings. The van der Waals surface area contributed by atoms with Crippen LogP contribution in [0.5, 0.6) is 0 Å². The number of urea groups is 1. The molecule has 0 aliphatic carbocycles. The Bertz CT molecular complexity index is 766. The average Bonchev–Trinajstić information content (AvgIpc) is 2.79. The highest BCUT2D eigenvalue weighted by molar-refractivity contribution is 5.84. The van der Waals surface area contributed by atoms with Crippen LogP contribution in [0.3, 0.4) is 0 Å². The first-order chi connectivity index (χ1) is 15.5. The largest absolute Gasteiger partial charge is 0.508 e. The molecule has 2 aliphatic rings. The van der Waals surface area contributed by atoms with Crippen LogP contribution in [0.2, 0.25) is 0 Å². The molecule has 0 aromatic heterocycles. The second kappa shape index (κ2) is 11.4. The lowest BCUT2D eigenvalue weighted by Gasteiger charge is -2.45. The first-order valence-corrected chi connectivity index (χ1v) is 9.79. The van der Waals surface area contributed by atoms with Crippen molar-refractivity contribution in [3.8, 4) is 0 Å². The zero-order chi connectivity index (χ0) is 24.9. The summed E-state index contributed by atoms with van der Waals surface area (Å²) in [4.78, 5) is 35.3. The molecule has 16 heteroatoms. The van der Waals surface area contributed by atoms with Crippen molar-refractivity contribution in [2.45, 2.75) is 56.9 Å². The molecule has 8 atom stereocenters. The number of nitrogens with two attached hydrogens (primary N) is 1. The first kappa shape index (κ1) is 26.5. The van der Waals surface area contributed by atoms with Crippen LogP contribution in [0.25, 0.3) is 0 Å². The van der Waals surface area contributed by atoms with Crippen LogP contribution < -0.4 is 27.4 Å². The molecule has 0 saturated carbocycles. The van der Waals surface area contributed by atoms with E-state index in [1.165, 1.54) is 21.0 Å². The Labute approximate surface area is 187 Å². The van der Waals surface area contributed by atoms with E-state index in [1.807, 2.05) is 10.9 Å². The molecule has 4 amide bonds. The number of hydrazine groups is 2. The number of hydrogen-bond acceptors (Lipinski definition) is 12. The van der Waals surface area contributed by atoms with Crippen LogP contribution in [0.15, 0.2) is 11.5 Å². The Morgan fingerprint density at radius 2 is 1.82 bits per heavy atom. The number of aliphatic hydroxyl groups excluding tert-OH is 4. The minimum atomic E-state index is -1.79. The van der Waals surface area contributed by atoms with Gasteiger partial charge in [0.2, 0.25) is 12.2 Å². The quantitative estimate of drug-likeness (QED) is 0.102. The highest BCUT2D eigenvalue weighted by Gasteiger charge is 2.50. The summed E-state index contributed by atoms with van der Waals surface area (Å²) >= 11 is 0. The molecule has 1 fully saturated rings. The number of carbonyl (C=O) groups excluding carboxylic acids is 3. The second-order valence-electron chi connectivity index (χ2n) is 7.31. The molecule has 2 heterocycles. The normalized spacial score (nSPS) is 34.4. The van der Waals surface area contributed by atoms with Crippen molar-refractivity contribution in [2.24, 2.45) is 11.8 Å². The van der Waals surface area contributed by atoms with Crippen LogP contribution in [0.4, 0.5) is 4.79 Å². The lowest BCUT2D eigenvalue weighted by atomic mass is 9.95. The molecule has 0 aromatic carbocycles. The van der Waals surface area contributed by atoms with E-state index in [9.17, 15) is 34.8 Å². The predicted molar refractivity (Wildman–Crippen MR) is 105 cm³/mol. The Morgan fingerprint density at radius 1 is 1.15 bits per heavy atom. The van der Waals surface area contributed by atoms with Crippen molar-refractivity contribution < 1.29 is 53.8 Å². The van der Waals surface area contributed by atoms with Gasteiger partial charge in [-0.2, -0.15) is 0 Å². The standard InChI is InChI=1S/C17H29N5O11/c1-5-9(25)11(27)16(32-12(5)14(28)21-22-17(29)20-18)33-13-8(19-6(2)24)15(30-3)31-7(4-23)10(13)26/h5,7-8,10,12-13,15-16,23,25-27H,4,18H2,1-3H3,(H,19,24)(H,21,28)(H2,20,22,29)/t5?,7?,8?,10-,12?,13?,15-,16+/m1/s1. The number of amides is 4. The van der Waals surface area contributed by atoms with Gasteiger partial charge in [0.15, 0.2) is 18.2 Å². The van der Waals surface area contributed by atoms with Crippen LogP contribution in [0.1, 0.15) is 13.8 Å². The zero-order valence-corrected chi connectivity index (χ0v) is 18.0. The molecule has 0 bridgehead atoms. The van der Waals surface area contributed by atoms with Crippen LogP contribution in [-0.2, 0) is 28.5 Å². The minimum absolute atomic E-state index is 0.531. The minimum Gasteiger partial charge on any atom is -0.508 e. The van der Waals surface area contributed by atoms with Crippen molar-refractivity contribution >= 4 is 17.8 Å². The number of methoxy groups -OCH3 is 1. The molecule has 5 unspecified atom stereocenters. The van der Waals surface area contributed by atoms with E-state index in [0.717, 1.165) is 0 Å². The van der Waals surface area contributed by atoms with Gasteiger partial charge in [-0.1, -0.05) is 6.92 Å². The first-order valence-electron chi connectivity index (χ1n) is 9.79. The third-order valence-corrected chi connectivity index (χ3v) is 5.07. The third-order valence-electron chi connectivity index (χ3n) is 5.07. The van der Waals surface area contributed by atoms with E-state index in [4.69, 9.17) is 24.8 Å². The average molecular weight is 479 g/mol. The highest BCUT2D eigenvalue weighted by Crippen LogP contribution is 2.32. The molecule has 10 N–H and O–H groups in total. The fraction of sp³-hybridized carbons (Fsp3) is 0.706. The Kier molecular flexibility index (Phi) is 9.17. The molecule has 1 saturated heterocycles. The maximum atomic E-state index is 12.4.